The molecule has 2 aromatic rings. The molecule has 0 atom stereocenters. The first-order chi connectivity index (χ1) is 12.1. The van der Waals surface area contributed by atoms with Crippen LogP contribution in [0.3, 0.4) is 0 Å². The van der Waals surface area contributed by atoms with E-state index in [9.17, 15) is 4.79 Å². The minimum absolute atomic E-state index is 0.256. The quantitative estimate of drug-likeness (QED) is 0.762. The van der Waals surface area contributed by atoms with Crippen molar-refractivity contribution in [1.82, 2.24) is 0 Å². The Morgan fingerprint density at radius 2 is 1.48 bits per heavy atom. The standard InChI is InChI=1S/C19H24N2O4/c1-5-10-20-14-6-8-15(9-7-14)21-19(22)13-11-16(23-2)18(25-4)17(12-13)24-3/h6-9,11-12,20H,5,10H2,1-4H3,(H,21,22). The predicted molar refractivity (Wildman–Crippen MR) is 99.3 cm³/mol. The van der Waals surface area contributed by atoms with E-state index in [4.69, 9.17) is 14.2 Å². The van der Waals surface area contributed by atoms with Crippen LogP contribution in [0.15, 0.2) is 36.4 Å². The van der Waals surface area contributed by atoms with Crippen molar-refractivity contribution < 1.29 is 19.0 Å². The van der Waals surface area contributed by atoms with E-state index in [0.29, 0.717) is 28.5 Å². The van der Waals surface area contributed by atoms with E-state index < -0.39 is 0 Å². The molecule has 0 unspecified atom stereocenters. The smallest absolute Gasteiger partial charge is 0.255 e. The number of amides is 1. The fourth-order valence-electron chi connectivity index (χ4n) is 2.36. The minimum atomic E-state index is -0.256. The number of methoxy groups -OCH3 is 3. The van der Waals surface area contributed by atoms with Gasteiger partial charge in [0, 0.05) is 23.5 Å². The molecular formula is C19H24N2O4. The molecular weight excluding hydrogens is 320 g/mol. The van der Waals surface area contributed by atoms with Gasteiger partial charge in [-0.05, 0) is 42.8 Å². The molecule has 2 N–H and O–H groups in total. The zero-order valence-electron chi connectivity index (χ0n) is 15.0. The predicted octanol–water partition coefficient (Wildman–Crippen LogP) is 3.79. The highest BCUT2D eigenvalue weighted by Gasteiger charge is 2.17. The molecule has 134 valence electrons. The van der Waals surface area contributed by atoms with Gasteiger partial charge < -0.3 is 24.8 Å². The summed E-state index contributed by atoms with van der Waals surface area (Å²) in [5, 5.41) is 6.15. The summed E-state index contributed by atoms with van der Waals surface area (Å²) in [5.41, 5.74) is 2.15. The Hall–Kier alpha value is -2.89. The van der Waals surface area contributed by atoms with Crippen molar-refractivity contribution >= 4 is 17.3 Å². The topological polar surface area (TPSA) is 68.8 Å². The molecule has 0 heterocycles. The monoisotopic (exact) mass is 344 g/mol. The molecule has 1 amide bonds. The first-order valence-corrected chi connectivity index (χ1v) is 8.08. The SMILES string of the molecule is CCCNc1ccc(NC(=O)c2cc(OC)c(OC)c(OC)c2)cc1. The Labute approximate surface area is 148 Å². The maximum atomic E-state index is 12.5. The lowest BCUT2D eigenvalue weighted by molar-refractivity contribution is 0.102. The van der Waals surface area contributed by atoms with Crippen molar-refractivity contribution in [2.24, 2.45) is 0 Å². The van der Waals surface area contributed by atoms with Crippen LogP contribution in [-0.2, 0) is 0 Å². The largest absolute Gasteiger partial charge is 0.493 e. The summed E-state index contributed by atoms with van der Waals surface area (Å²) in [5.74, 6) is 1.07. The van der Waals surface area contributed by atoms with Gasteiger partial charge in [0.2, 0.25) is 5.75 Å². The first kappa shape index (κ1) is 18.4. The molecule has 0 fully saturated rings. The van der Waals surface area contributed by atoms with Gasteiger partial charge in [0.1, 0.15) is 0 Å². The Bertz CT molecular complexity index is 689. The molecule has 0 aliphatic heterocycles. The Morgan fingerprint density at radius 1 is 0.920 bits per heavy atom. The molecule has 6 nitrogen and oxygen atoms in total. The first-order valence-electron chi connectivity index (χ1n) is 8.08. The van der Waals surface area contributed by atoms with Gasteiger partial charge in [-0.1, -0.05) is 6.92 Å². The van der Waals surface area contributed by atoms with Crippen molar-refractivity contribution in [3.05, 3.63) is 42.0 Å². The van der Waals surface area contributed by atoms with Gasteiger partial charge in [-0.15, -0.1) is 0 Å². The number of anilines is 2. The lowest BCUT2D eigenvalue weighted by Crippen LogP contribution is -2.12. The third-order valence-electron chi connectivity index (χ3n) is 3.65. The highest BCUT2D eigenvalue weighted by atomic mass is 16.5. The summed E-state index contributed by atoms with van der Waals surface area (Å²) in [6, 6.07) is 10.8. The number of ether oxygens (including phenoxy) is 3. The maximum absolute atomic E-state index is 12.5. The maximum Gasteiger partial charge on any atom is 0.255 e. The molecule has 0 aliphatic rings. The van der Waals surface area contributed by atoms with Crippen molar-refractivity contribution in [2.45, 2.75) is 13.3 Å². The Balaban J connectivity index is 2.17. The van der Waals surface area contributed by atoms with Crippen LogP contribution in [0.1, 0.15) is 23.7 Å². The summed E-state index contributed by atoms with van der Waals surface area (Å²) in [4.78, 5) is 12.5. The summed E-state index contributed by atoms with van der Waals surface area (Å²) >= 11 is 0. The average Bonchev–Trinajstić information content (AvgIpc) is 2.66. The zero-order chi connectivity index (χ0) is 18.2. The minimum Gasteiger partial charge on any atom is -0.493 e. The highest BCUT2D eigenvalue weighted by molar-refractivity contribution is 6.05. The number of benzene rings is 2. The zero-order valence-corrected chi connectivity index (χ0v) is 15.0. The van der Waals surface area contributed by atoms with Gasteiger partial charge in [0.25, 0.3) is 5.91 Å². The lowest BCUT2D eigenvalue weighted by Gasteiger charge is -2.14. The third kappa shape index (κ3) is 4.56. The van der Waals surface area contributed by atoms with Gasteiger partial charge in [-0.2, -0.15) is 0 Å². The van der Waals surface area contributed by atoms with Crippen LogP contribution in [-0.4, -0.2) is 33.8 Å². The molecule has 0 saturated heterocycles. The van der Waals surface area contributed by atoms with E-state index >= 15 is 0 Å². The van der Waals surface area contributed by atoms with E-state index in [2.05, 4.69) is 17.6 Å². The normalized spacial score (nSPS) is 10.1. The summed E-state index contributed by atoms with van der Waals surface area (Å²) in [7, 11) is 4.55. The van der Waals surface area contributed by atoms with Crippen molar-refractivity contribution in [1.29, 1.82) is 0 Å². The van der Waals surface area contributed by atoms with Crippen molar-refractivity contribution in [2.75, 3.05) is 38.5 Å². The van der Waals surface area contributed by atoms with Gasteiger partial charge in [0.05, 0.1) is 21.3 Å². The molecule has 0 aromatic heterocycles. The van der Waals surface area contributed by atoms with Gasteiger partial charge in [-0.3, -0.25) is 4.79 Å². The molecule has 6 heteroatoms. The molecule has 25 heavy (non-hydrogen) atoms. The van der Waals surface area contributed by atoms with Crippen LogP contribution in [0.5, 0.6) is 17.2 Å². The second-order valence-corrected chi connectivity index (χ2v) is 5.37. The summed E-state index contributed by atoms with van der Waals surface area (Å²) in [6.07, 6.45) is 1.06. The second kappa shape index (κ2) is 8.82. The molecule has 2 aromatic carbocycles. The van der Waals surface area contributed by atoms with E-state index in [1.807, 2.05) is 24.3 Å². The number of nitrogens with one attached hydrogen (secondary N) is 2. The van der Waals surface area contributed by atoms with Crippen LogP contribution < -0.4 is 24.8 Å². The molecule has 2 rings (SSSR count). The number of carbonyl (C=O) groups excluding carboxylic acids is 1. The van der Waals surface area contributed by atoms with Crippen LogP contribution in [0, 0.1) is 0 Å². The summed E-state index contributed by atoms with van der Waals surface area (Å²) in [6.45, 7) is 3.02. The van der Waals surface area contributed by atoms with Crippen LogP contribution in [0.25, 0.3) is 0 Å². The van der Waals surface area contributed by atoms with Crippen LogP contribution in [0.2, 0.25) is 0 Å². The molecule has 0 saturated carbocycles. The van der Waals surface area contributed by atoms with Crippen molar-refractivity contribution in [3.63, 3.8) is 0 Å². The van der Waals surface area contributed by atoms with E-state index in [1.165, 1.54) is 21.3 Å². The second-order valence-electron chi connectivity index (χ2n) is 5.37. The molecule has 0 spiro atoms. The fourth-order valence-corrected chi connectivity index (χ4v) is 2.36. The molecule has 0 aliphatic carbocycles. The molecule has 0 radical (unpaired) electrons. The van der Waals surface area contributed by atoms with E-state index in [0.717, 1.165) is 18.7 Å². The Kier molecular flexibility index (Phi) is 6.51. The number of rotatable bonds is 8. The number of carbonyl (C=O) groups is 1. The third-order valence-corrected chi connectivity index (χ3v) is 3.65. The van der Waals surface area contributed by atoms with E-state index in [1.54, 1.807) is 12.1 Å². The fraction of sp³-hybridized carbons (Fsp3) is 0.316. The van der Waals surface area contributed by atoms with E-state index in [-0.39, 0.29) is 5.91 Å². The Morgan fingerprint density at radius 3 is 1.96 bits per heavy atom. The van der Waals surface area contributed by atoms with Crippen LogP contribution in [0.4, 0.5) is 11.4 Å². The van der Waals surface area contributed by atoms with Gasteiger partial charge in [-0.25, -0.2) is 0 Å². The number of hydrogen-bond acceptors (Lipinski definition) is 5. The molecule has 0 bridgehead atoms. The van der Waals surface area contributed by atoms with Crippen molar-refractivity contribution in [3.8, 4) is 17.2 Å². The van der Waals surface area contributed by atoms with Gasteiger partial charge in [0.15, 0.2) is 11.5 Å². The number of hydrogen-bond donors (Lipinski definition) is 2. The highest BCUT2D eigenvalue weighted by Crippen LogP contribution is 2.38. The van der Waals surface area contributed by atoms with Crippen LogP contribution >= 0.6 is 0 Å². The average molecular weight is 344 g/mol. The van der Waals surface area contributed by atoms with Gasteiger partial charge >= 0.3 is 0 Å². The summed E-state index contributed by atoms with van der Waals surface area (Å²) < 4.78 is 15.8. The lowest BCUT2D eigenvalue weighted by atomic mass is 10.1.